The van der Waals surface area contributed by atoms with Crippen molar-refractivity contribution in [1.82, 2.24) is 10.6 Å². The SMILES string of the molecule is CCS(=O)(=O)c1ccc(C(=O)NCC2(COC)CCNCC2)cc1.Cl. The predicted molar refractivity (Wildman–Crippen MR) is 100 cm³/mol. The average Bonchev–Trinajstić information content (AvgIpc) is 2.61. The van der Waals surface area contributed by atoms with Crippen LogP contribution in [0.1, 0.15) is 30.1 Å². The minimum atomic E-state index is -3.24. The number of halogens is 1. The zero-order chi connectivity index (χ0) is 17.6. The van der Waals surface area contributed by atoms with Crippen LogP contribution in [0.2, 0.25) is 0 Å². The zero-order valence-corrected chi connectivity index (χ0v) is 16.3. The van der Waals surface area contributed by atoms with Crippen molar-refractivity contribution in [2.45, 2.75) is 24.7 Å². The Hall–Kier alpha value is -1.15. The van der Waals surface area contributed by atoms with Gasteiger partial charge in [0.2, 0.25) is 0 Å². The van der Waals surface area contributed by atoms with Gasteiger partial charge in [0.25, 0.3) is 5.91 Å². The molecule has 0 radical (unpaired) electrons. The number of amides is 1. The van der Waals surface area contributed by atoms with Crippen LogP contribution in [0.15, 0.2) is 29.2 Å². The van der Waals surface area contributed by atoms with Crippen LogP contribution in [0.5, 0.6) is 0 Å². The van der Waals surface area contributed by atoms with E-state index in [1.54, 1.807) is 26.2 Å². The Bertz CT molecular complexity index is 650. The lowest BCUT2D eigenvalue weighted by Gasteiger charge is -2.37. The van der Waals surface area contributed by atoms with Crippen molar-refractivity contribution in [3.8, 4) is 0 Å². The number of carbonyl (C=O) groups is 1. The fraction of sp³-hybridized carbons (Fsp3) is 0.588. The van der Waals surface area contributed by atoms with Crippen LogP contribution in [0, 0.1) is 5.41 Å². The quantitative estimate of drug-likeness (QED) is 0.739. The second-order valence-electron chi connectivity index (χ2n) is 6.29. The number of benzene rings is 1. The number of sulfone groups is 1. The van der Waals surface area contributed by atoms with Crippen molar-refractivity contribution in [3.63, 3.8) is 0 Å². The van der Waals surface area contributed by atoms with Gasteiger partial charge in [0, 0.05) is 24.6 Å². The summed E-state index contributed by atoms with van der Waals surface area (Å²) in [6, 6.07) is 6.10. The maximum absolute atomic E-state index is 12.3. The lowest BCUT2D eigenvalue weighted by Crippen LogP contribution is -2.47. The molecule has 0 bridgehead atoms. The standard InChI is InChI=1S/C17H26N2O4S.ClH/c1-3-24(21,22)15-6-4-14(5-7-15)16(20)19-12-17(13-23-2)8-10-18-11-9-17;/h4-7,18H,3,8-13H2,1-2H3,(H,19,20);1H. The summed E-state index contributed by atoms with van der Waals surface area (Å²) in [6.07, 6.45) is 1.91. The van der Waals surface area contributed by atoms with Gasteiger partial charge in [-0.3, -0.25) is 4.79 Å². The maximum atomic E-state index is 12.3. The van der Waals surface area contributed by atoms with E-state index >= 15 is 0 Å². The van der Waals surface area contributed by atoms with Gasteiger partial charge in [-0.05, 0) is 50.2 Å². The maximum Gasteiger partial charge on any atom is 0.251 e. The molecule has 8 heteroatoms. The second kappa shape index (κ2) is 9.52. The Morgan fingerprint density at radius 3 is 2.36 bits per heavy atom. The zero-order valence-electron chi connectivity index (χ0n) is 14.7. The summed E-state index contributed by atoms with van der Waals surface area (Å²) in [4.78, 5) is 12.6. The number of piperidine rings is 1. The molecule has 0 aromatic heterocycles. The molecule has 0 saturated carbocycles. The van der Waals surface area contributed by atoms with E-state index in [1.165, 1.54) is 12.1 Å². The first kappa shape index (κ1) is 21.9. The van der Waals surface area contributed by atoms with Crippen LogP contribution >= 0.6 is 12.4 Å². The van der Waals surface area contributed by atoms with Crippen LogP contribution < -0.4 is 10.6 Å². The molecular formula is C17H27ClN2O4S. The van der Waals surface area contributed by atoms with Crippen molar-refractivity contribution in [2.75, 3.05) is 39.1 Å². The topological polar surface area (TPSA) is 84.5 Å². The van der Waals surface area contributed by atoms with Crippen molar-refractivity contribution in [1.29, 1.82) is 0 Å². The molecule has 142 valence electrons. The number of hydrogen-bond donors (Lipinski definition) is 2. The van der Waals surface area contributed by atoms with Gasteiger partial charge in [0.05, 0.1) is 17.3 Å². The third-order valence-electron chi connectivity index (χ3n) is 4.59. The molecule has 1 amide bonds. The van der Waals surface area contributed by atoms with E-state index in [0.717, 1.165) is 25.9 Å². The summed E-state index contributed by atoms with van der Waals surface area (Å²) in [5, 5.41) is 6.29. The summed E-state index contributed by atoms with van der Waals surface area (Å²) in [6.45, 7) is 4.61. The van der Waals surface area contributed by atoms with Crippen LogP contribution in [0.3, 0.4) is 0 Å². The number of rotatable bonds is 7. The van der Waals surface area contributed by atoms with Gasteiger partial charge < -0.3 is 15.4 Å². The van der Waals surface area contributed by atoms with Gasteiger partial charge in [-0.15, -0.1) is 12.4 Å². The smallest absolute Gasteiger partial charge is 0.251 e. The molecule has 1 aromatic carbocycles. The predicted octanol–water partition coefficient (Wildman–Crippen LogP) is 1.65. The molecule has 1 heterocycles. The van der Waals surface area contributed by atoms with Gasteiger partial charge in [0.1, 0.15) is 0 Å². The summed E-state index contributed by atoms with van der Waals surface area (Å²) in [5.74, 6) is -0.143. The first-order valence-corrected chi connectivity index (χ1v) is 9.88. The van der Waals surface area contributed by atoms with E-state index < -0.39 is 9.84 Å². The van der Waals surface area contributed by atoms with E-state index in [1.807, 2.05) is 0 Å². The number of carbonyl (C=O) groups excluding carboxylic acids is 1. The van der Waals surface area contributed by atoms with E-state index in [-0.39, 0.29) is 34.4 Å². The molecule has 1 saturated heterocycles. The lowest BCUT2D eigenvalue weighted by molar-refractivity contribution is 0.0511. The molecule has 0 unspecified atom stereocenters. The van der Waals surface area contributed by atoms with Gasteiger partial charge in [-0.2, -0.15) is 0 Å². The van der Waals surface area contributed by atoms with Crippen LogP contribution in [-0.4, -0.2) is 53.4 Å². The summed E-state index contributed by atoms with van der Waals surface area (Å²) in [7, 11) is -1.56. The van der Waals surface area contributed by atoms with E-state index in [2.05, 4.69) is 10.6 Å². The van der Waals surface area contributed by atoms with Crippen LogP contribution in [-0.2, 0) is 14.6 Å². The van der Waals surface area contributed by atoms with Gasteiger partial charge in [-0.1, -0.05) is 6.92 Å². The molecule has 2 N–H and O–H groups in total. The molecule has 1 fully saturated rings. The largest absolute Gasteiger partial charge is 0.384 e. The van der Waals surface area contributed by atoms with Gasteiger partial charge in [0.15, 0.2) is 9.84 Å². The Morgan fingerprint density at radius 2 is 1.84 bits per heavy atom. The molecule has 25 heavy (non-hydrogen) atoms. The van der Waals surface area contributed by atoms with Crippen LogP contribution in [0.25, 0.3) is 0 Å². The van der Waals surface area contributed by atoms with Gasteiger partial charge in [-0.25, -0.2) is 8.42 Å². The average molecular weight is 391 g/mol. The molecule has 0 atom stereocenters. The second-order valence-corrected chi connectivity index (χ2v) is 8.57. The van der Waals surface area contributed by atoms with Crippen molar-refractivity contribution in [3.05, 3.63) is 29.8 Å². The molecule has 1 aliphatic rings. The minimum Gasteiger partial charge on any atom is -0.384 e. The molecule has 1 aromatic rings. The third kappa shape index (κ3) is 5.67. The molecule has 1 aliphatic heterocycles. The third-order valence-corrected chi connectivity index (χ3v) is 6.34. The monoisotopic (exact) mass is 390 g/mol. The normalized spacial score (nSPS) is 16.7. The van der Waals surface area contributed by atoms with Crippen molar-refractivity contribution >= 4 is 28.2 Å². The number of nitrogens with one attached hydrogen (secondary N) is 2. The van der Waals surface area contributed by atoms with Crippen LogP contribution in [0.4, 0.5) is 0 Å². The summed E-state index contributed by atoms with van der Waals surface area (Å²) < 4.78 is 29.0. The summed E-state index contributed by atoms with van der Waals surface area (Å²) in [5.41, 5.74) is 0.424. The highest BCUT2D eigenvalue weighted by Crippen LogP contribution is 2.28. The molecular weight excluding hydrogens is 364 g/mol. The number of methoxy groups -OCH3 is 1. The fourth-order valence-electron chi connectivity index (χ4n) is 2.99. The number of ether oxygens (including phenoxy) is 1. The first-order valence-electron chi connectivity index (χ1n) is 8.23. The highest BCUT2D eigenvalue weighted by Gasteiger charge is 2.32. The highest BCUT2D eigenvalue weighted by atomic mass is 35.5. The highest BCUT2D eigenvalue weighted by molar-refractivity contribution is 7.91. The molecule has 0 aliphatic carbocycles. The molecule has 0 spiro atoms. The lowest BCUT2D eigenvalue weighted by atomic mass is 9.79. The Morgan fingerprint density at radius 1 is 1.24 bits per heavy atom. The fourth-order valence-corrected chi connectivity index (χ4v) is 3.87. The Kier molecular flexibility index (Phi) is 8.34. The summed E-state index contributed by atoms with van der Waals surface area (Å²) >= 11 is 0. The molecule has 6 nitrogen and oxygen atoms in total. The van der Waals surface area contributed by atoms with Gasteiger partial charge >= 0.3 is 0 Å². The van der Waals surface area contributed by atoms with E-state index in [0.29, 0.717) is 18.7 Å². The van der Waals surface area contributed by atoms with Crippen molar-refractivity contribution in [2.24, 2.45) is 5.41 Å². The Labute approximate surface area is 156 Å². The Balaban J connectivity index is 0.00000312. The van der Waals surface area contributed by atoms with E-state index in [9.17, 15) is 13.2 Å². The first-order chi connectivity index (χ1) is 11.4. The minimum absolute atomic E-state index is 0. The van der Waals surface area contributed by atoms with E-state index in [4.69, 9.17) is 4.74 Å². The molecule has 2 rings (SSSR count). The van der Waals surface area contributed by atoms with Crippen molar-refractivity contribution < 1.29 is 17.9 Å². The number of hydrogen-bond acceptors (Lipinski definition) is 5.